The van der Waals surface area contributed by atoms with Gasteiger partial charge in [0.2, 0.25) is 0 Å². The number of rotatable bonds is 45. The molecule has 0 aliphatic carbocycles. The van der Waals surface area contributed by atoms with Crippen LogP contribution in [0.25, 0.3) is 0 Å². The van der Waals surface area contributed by atoms with Crippen LogP contribution in [0.3, 0.4) is 0 Å². The van der Waals surface area contributed by atoms with Crippen LogP contribution < -0.4 is 51.4 Å². The Kier molecular flexibility index (Phi) is 45.7. The molecule has 0 radical (unpaired) electrons. The van der Waals surface area contributed by atoms with Gasteiger partial charge >= 0.3 is 63.3 Å². The molecule has 0 saturated carbocycles. The Balaban J connectivity index is 0.0000384. The second kappa shape index (κ2) is 46.3. The van der Waals surface area contributed by atoms with Crippen molar-refractivity contribution in [2.45, 2.75) is 263 Å². The Morgan fingerprint density at radius 3 is 1.05 bits per heavy atom. The molecule has 9 heteroatoms. The number of carbonyl (C=O) groups is 2. The van der Waals surface area contributed by atoms with E-state index in [-0.39, 0.29) is 70.2 Å². The molecule has 7 nitrogen and oxygen atoms in total. The summed E-state index contributed by atoms with van der Waals surface area (Å²) in [6.45, 7) is 4.73. The van der Waals surface area contributed by atoms with Crippen LogP contribution in [0, 0.1) is 0 Å². The molecule has 0 amide bonds. The molecule has 358 valence electrons. The number of allylic oxidation sites excluding steroid dienone is 4. The van der Waals surface area contributed by atoms with Crippen molar-refractivity contribution < 1.29 is 83.4 Å². The molecule has 0 aliphatic rings. The first-order valence-corrected chi connectivity index (χ1v) is 27.5. The summed E-state index contributed by atoms with van der Waals surface area (Å²) < 4.78 is 46.9. The van der Waals surface area contributed by atoms with Crippen LogP contribution in [0.15, 0.2) is 47.4 Å². The third kappa shape index (κ3) is 37.9. The summed E-state index contributed by atoms with van der Waals surface area (Å²) in [5, 5.41) is 0. The molecule has 0 aromatic heterocycles. The Hall–Kier alpha value is -0.814. The molecule has 63 heavy (non-hydrogen) atoms. The van der Waals surface area contributed by atoms with Crippen LogP contribution in [-0.2, 0) is 19.6 Å². The van der Waals surface area contributed by atoms with Crippen LogP contribution in [0.2, 0.25) is 0 Å². The first-order valence-electron chi connectivity index (χ1n) is 26.1. The van der Waals surface area contributed by atoms with Gasteiger partial charge in [0, 0.05) is 0 Å². The molecule has 0 spiro atoms. The van der Waals surface area contributed by atoms with Gasteiger partial charge < -0.3 is 14.0 Å². The fourth-order valence-corrected chi connectivity index (χ4v) is 8.76. The van der Waals surface area contributed by atoms with Crippen molar-refractivity contribution in [1.29, 1.82) is 0 Å². The van der Waals surface area contributed by atoms with Crippen molar-refractivity contribution in [3.8, 4) is 0 Å². The molecule has 0 bridgehead atoms. The van der Waals surface area contributed by atoms with Gasteiger partial charge in [-0.05, 0) is 76.3 Å². The Morgan fingerprint density at radius 2 is 0.730 bits per heavy atom. The van der Waals surface area contributed by atoms with Gasteiger partial charge in [-0.1, -0.05) is 224 Å². The molecular weight excluding hydrogens is 832 g/mol. The average Bonchev–Trinajstić information content (AvgIpc) is 3.26. The molecule has 1 rings (SSSR count). The quantitative estimate of drug-likeness (QED) is 0.0211. The number of esters is 2. The van der Waals surface area contributed by atoms with Crippen molar-refractivity contribution in [1.82, 2.24) is 0 Å². The van der Waals surface area contributed by atoms with Crippen LogP contribution in [0.4, 0.5) is 0 Å². The second-order valence-corrected chi connectivity index (χ2v) is 19.2. The summed E-state index contributed by atoms with van der Waals surface area (Å²) in [5.74, 6) is -1.85. The van der Waals surface area contributed by atoms with Crippen molar-refractivity contribution in [2.24, 2.45) is 0 Å². The molecule has 0 unspecified atom stereocenters. The topological polar surface area (TPSA) is 110 Å². The summed E-state index contributed by atoms with van der Waals surface area (Å²) in [5.41, 5.74) is -0.810. The van der Waals surface area contributed by atoms with E-state index in [2.05, 4.69) is 38.2 Å². The molecule has 0 saturated heterocycles. The Morgan fingerprint density at radius 1 is 0.444 bits per heavy atom. The van der Waals surface area contributed by atoms with Gasteiger partial charge in [0.15, 0.2) is 0 Å². The molecule has 1 aromatic rings. The van der Waals surface area contributed by atoms with Gasteiger partial charge in [0.05, 0.1) is 29.2 Å². The predicted molar refractivity (Wildman–Crippen MR) is 260 cm³/mol. The zero-order chi connectivity index (χ0) is 45.0. The van der Waals surface area contributed by atoms with E-state index in [4.69, 9.17) is 9.47 Å². The van der Waals surface area contributed by atoms with Crippen molar-refractivity contribution in [3.05, 3.63) is 53.6 Å². The van der Waals surface area contributed by atoms with Crippen molar-refractivity contribution >= 4 is 22.1 Å². The van der Waals surface area contributed by atoms with E-state index in [1.54, 1.807) is 0 Å². The summed E-state index contributed by atoms with van der Waals surface area (Å²) in [6.07, 6.45) is 56.4. The van der Waals surface area contributed by atoms with Gasteiger partial charge in [-0.3, -0.25) is 0 Å². The van der Waals surface area contributed by atoms with Crippen LogP contribution in [0.1, 0.15) is 279 Å². The second-order valence-electron chi connectivity index (χ2n) is 17.8. The van der Waals surface area contributed by atoms with E-state index < -0.39 is 32.5 Å². The van der Waals surface area contributed by atoms with Crippen molar-refractivity contribution in [2.75, 3.05) is 13.2 Å². The maximum absolute atomic E-state index is 13.1. The zero-order valence-electron chi connectivity index (χ0n) is 41.1. The maximum Gasteiger partial charge on any atom is 1.00 e. The van der Waals surface area contributed by atoms with E-state index in [0.717, 1.165) is 44.6 Å². The number of hydrogen-bond acceptors (Lipinski definition) is 7. The fraction of sp³-hybridized carbons (Fsp3) is 0.778. The van der Waals surface area contributed by atoms with E-state index >= 15 is 0 Å². The minimum absolute atomic E-state index is 0. The SMILES string of the molecule is CCCCCCCCCCCCCCCCC/C=C/CCCCOC(=O)c1cccc(S(=O)(=O)[O-])c1C(=O)OCCCC/C=C/CCCCCCCCCCCCCCCCC.[K+]. The van der Waals surface area contributed by atoms with E-state index in [1.807, 2.05) is 0 Å². The molecular formula is C54H93KO7S. The van der Waals surface area contributed by atoms with Crippen LogP contribution in [-0.4, -0.2) is 38.1 Å². The zero-order valence-corrected chi connectivity index (χ0v) is 45.0. The van der Waals surface area contributed by atoms with Gasteiger partial charge in [-0.2, -0.15) is 0 Å². The smallest absolute Gasteiger partial charge is 0.744 e. The molecule has 0 fully saturated rings. The summed E-state index contributed by atoms with van der Waals surface area (Å²) in [6, 6.07) is 3.61. The summed E-state index contributed by atoms with van der Waals surface area (Å²) >= 11 is 0. The van der Waals surface area contributed by atoms with E-state index in [1.165, 1.54) is 205 Å². The summed E-state index contributed by atoms with van der Waals surface area (Å²) in [7, 11) is -5.03. The van der Waals surface area contributed by atoms with Crippen molar-refractivity contribution in [3.63, 3.8) is 0 Å². The largest absolute Gasteiger partial charge is 1.00 e. The van der Waals surface area contributed by atoms with E-state index in [0.29, 0.717) is 12.8 Å². The number of benzene rings is 1. The van der Waals surface area contributed by atoms with E-state index in [9.17, 15) is 22.6 Å². The first kappa shape index (κ1) is 62.2. The molecule has 0 heterocycles. The van der Waals surface area contributed by atoms with Gasteiger partial charge in [-0.25, -0.2) is 18.0 Å². The van der Waals surface area contributed by atoms with Crippen LogP contribution in [0.5, 0.6) is 0 Å². The minimum Gasteiger partial charge on any atom is -0.744 e. The Bertz CT molecular complexity index is 1380. The normalized spacial score (nSPS) is 11.7. The minimum atomic E-state index is -5.03. The molecule has 0 aliphatic heterocycles. The van der Waals surface area contributed by atoms with Crippen LogP contribution >= 0.6 is 0 Å². The van der Waals surface area contributed by atoms with Gasteiger partial charge in [0.1, 0.15) is 10.1 Å². The third-order valence-electron chi connectivity index (χ3n) is 12.0. The standard InChI is InChI=1S/C54H94O7S.K/c1-3-5-7-9-11-13-15-17-19-21-23-25-27-29-31-33-35-37-39-41-43-48-60-53(55)50-46-45-47-51(62(57,58)59)52(50)54(56)61-49-44-42-40-38-36-34-32-30-28-26-24-22-20-18-16-14-12-10-8-6-4-2;/h35-38,45-47H,3-34,39-44,48-49H2,1-2H3,(H,57,58,59);/q;+1/p-1/b37-35+,38-36+;. The average molecular weight is 925 g/mol. The molecule has 0 N–H and O–H groups in total. The third-order valence-corrected chi connectivity index (χ3v) is 12.9. The summed E-state index contributed by atoms with van der Waals surface area (Å²) in [4.78, 5) is 25.3. The number of hydrogen-bond donors (Lipinski definition) is 0. The monoisotopic (exact) mass is 925 g/mol. The predicted octanol–water partition coefficient (Wildman–Crippen LogP) is 13.9. The first-order chi connectivity index (χ1) is 30.3. The Labute approximate surface area is 431 Å². The van der Waals surface area contributed by atoms with Gasteiger partial charge in [-0.15, -0.1) is 0 Å². The maximum atomic E-state index is 13.1. The van der Waals surface area contributed by atoms with Gasteiger partial charge in [0.25, 0.3) is 0 Å². The molecule has 1 aromatic carbocycles. The number of carbonyl (C=O) groups excluding carboxylic acids is 2. The number of ether oxygens (including phenoxy) is 2. The fourth-order valence-electron chi connectivity index (χ4n) is 8.07. The number of unbranched alkanes of at least 4 members (excludes halogenated alkanes) is 34. The molecule has 0 atom stereocenters.